The summed E-state index contributed by atoms with van der Waals surface area (Å²) in [7, 11) is 0. The molecule has 6 nitrogen and oxygen atoms in total. The molecule has 0 aliphatic carbocycles. The molecule has 0 rings (SSSR count). The largest absolute Gasteiger partial charge is 0.480 e. The standard InChI is InChI=1S/C16H33NO5S/c1-2-3-4-5-6-7-8-21-9-10-22-11-14(18)12-23-13-15(17)16(19)20/h14-15,18H,2-13,17H2,1H3,(H,19,20). The van der Waals surface area contributed by atoms with Gasteiger partial charge in [-0.2, -0.15) is 11.8 Å². The average molecular weight is 352 g/mol. The van der Waals surface area contributed by atoms with Gasteiger partial charge in [-0.25, -0.2) is 0 Å². The van der Waals surface area contributed by atoms with Crippen LogP contribution < -0.4 is 5.73 Å². The van der Waals surface area contributed by atoms with Crippen LogP contribution in [0.2, 0.25) is 0 Å². The van der Waals surface area contributed by atoms with Crippen molar-refractivity contribution in [3.63, 3.8) is 0 Å². The first-order valence-corrected chi connectivity index (χ1v) is 9.63. The quantitative estimate of drug-likeness (QED) is 0.344. The van der Waals surface area contributed by atoms with Crippen LogP contribution in [0.5, 0.6) is 0 Å². The van der Waals surface area contributed by atoms with Crippen molar-refractivity contribution in [3.8, 4) is 0 Å². The lowest BCUT2D eigenvalue weighted by atomic mass is 10.1. The molecule has 0 amide bonds. The van der Waals surface area contributed by atoms with Crippen molar-refractivity contribution in [1.29, 1.82) is 0 Å². The van der Waals surface area contributed by atoms with E-state index in [1.54, 1.807) is 0 Å². The molecule has 0 aromatic carbocycles. The molecule has 0 spiro atoms. The SMILES string of the molecule is CCCCCCCCOCCOCC(O)CSCC(N)C(=O)O. The number of carboxylic acids is 1. The third-order valence-corrected chi connectivity index (χ3v) is 4.46. The van der Waals surface area contributed by atoms with E-state index < -0.39 is 18.1 Å². The van der Waals surface area contributed by atoms with Crippen molar-refractivity contribution in [1.82, 2.24) is 0 Å². The van der Waals surface area contributed by atoms with Crippen molar-refractivity contribution >= 4 is 17.7 Å². The smallest absolute Gasteiger partial charge is 0.321 e. The Morgan fingerprint density at radius 1 is 1.04 bits per heavy atom. The molecule has 2 unspecified atom stereocenters. The molecular formula is C16H33NO5S. The van der Waals surface area contributed by atoms with E-state index in [2.05, 4.69) is 6.92 Å². The molecule has 23 heavy (non-hydrogen) atoms. The van der Waals surface area contributed by atoms with Crippen molar-refractivity contribution in [2.45, 2.75) is 57.6 Å². The van der Waals surface area contributed by atoms with E-state index >= 15 is 0 Å². The van der Waals surface area contributed by atoms with Gasteiger partial charge >= 0.3 is 5.97 Å². The van der Waals surface area contributed by atoms with Crippen LogP contribution in [0.3, 0.4) is 0 Å². The molecule has 138 valence electrons. The van der Waals surface area contributed by atoms with E-state index in [-0.39, 0.29) is 12.4 Å². The lowest BCUT2D eigenvalue weighted by Crippen LogP contribution is -2.33. The van der Waals surface area contributed by atoms with Gasteiger partial charge in [0.05, 0.1) is 25.9 Å². The Hall–Kier alpha value is -0.340. The molecule has 0 heterocycles. The first kappa shape index (κ1) is 22.7. The highest BCUT2D eigenvalue weighted by Gasteiger charge is 2.12. The van der Waals surface area contributed by atoms with Gasteiger partial charge in [-0.1, -0.05) is 39.0 Å². The van der Waals surface area contributed by atoms with Crippen LogP contribution >= 0.6 is 11.8 Å². The zero-order valence-corrected chi connectivity index (χ0v) is 15.1. The second-order valence-electron chi connectivity index (χ2n) is 5.59. The average Bonchev–Trinajstić information content (AvgIpc) is 2.52. The summed E-state index contributed by atoms with van der Waals surface area (Å²) in [6, 6.07) is -0.886. The molecule has 0 aliphatic rings. The summed E-state index contributed by atoms with van der Waals surface area (Å²) < 4.78 is 10.8. The Balaban J connectivity index is 3.23. The van der Waals surface area contributed by atoms with E-state index in [1.807, 2.05) is 0 Å². The summed E-state index contributed by atoms with van der Waals surface area (Å²) in [4.78, 5) is 10.5. The Kier molecular flexibility index (Phi) is 16.3. The normalized spacial score (nSPS) is 13.9. The lowest BCUT2D eigenvalue weighted by Gasteiger charge is -2.12. The summed E-state index contributed by atoms with van der Waals surface area (Å²) in [5, 5.41) is 18.3. The van der Waals surface area contributed by atoms with E-state index in [0.717, 1.165) is 13.0 Å². The fraction of sp³-hybridized carbons (Fsp3) is 0.938. The van der Waals surface area contributed by atoms with Gasteiger partial charge in [0.1, 0.15) is 6.04 Å². The van der Waals surface area contributed by atoms with Gasteiger partial charge in [-0.15, -0.1) is 0 Å². The fourth-order valence-electron chi connectivity index (χ4n) is 1.87. The molecule has 0 bridgehead atoms. The monoisotopic (exact) mass is 351 g/mol. The van der Waals surface area contributed by atoms with E-state index in [9.17, 15) is 9.90 Å². The molecule has 0 aliphatic heterocycles. The van der Waals surface area contributed by atoms with Crippen molar-refractivity contribution in [3.05, 3.63) is 0 Å². The maximum atomic E-state index is 10.5. The Morgan fingerprint density at radius 2 is 1.70 bits per heavy atom. The summed E-state index contributed by atoms with van der Waals surface area (Å²) in [6.07, 6.45) is 6.87. The molecule has 0 fully saturated rings. The highest BCUT2D eigenvalue weighted by molar-refractivity contribution is 7.99. The van der Waals surface area contributed by atoms with Crippen LogP contribution in [0, 0.1) is 0 Å². The number of hydrogen-bond acceptors (Lipinski definition) is 6. The maximum absolute atomic E-state index is 10.5. The zero-order chi connectivity index (χ0) is 17.3. The van der Waals surface area contributed by atoms with Gasteiger partial charge in [0.2, 0.25) is 0 Å². The van der Waals surface area contributed by atoms with Gasteiger partial charge in [0.15, 0.2) is 0 Å². The van der Waals surface area contributed by atoms with Gasteiger partial charge in [-0.3, -0.25) is 4.79 Å². The Morgan fingerprint density at radius 3 is 2.39 bits per heavy atom. The van der Waals surface area contributed by atoms with E-state index in [0.29, 0.717) is 19.0 Å². The number of carbonyl (C=O) groups is 1. The number of carboxylic acid groups (broad SMARTS) is 1. The van der Waals surface area contributed by atoms with Gasteiger partial charge in [-0.05, 0) is 6.42 Å². The predicted octanol–water partition coefficient (Wildman–Crippen LogP) is 1.89. The summed E-state index contributed by atoms with van der Waals surface area (Å²) in [5.41, 5.74) is 5.37. The zero-order valence-electron chi connectivity index (χ0n) is 14.2. The summed E-state index contributed by atoms with van der Waals surface area (Å²) >= 11 is 1.31. The minimum absolute atomic E-state index is 0.232. The molecule has 0 radical (unpaired) electrons. The van der Waals surface area contributed by atoms with Crippen LogP contribution in [0.4, 0.5) is 0 Å². The van der Waals surface area contributed by atoms with Crippen molar-refractivity contribution in [2.75, 3.05) is 37.9 Å². The number of nitrogens with two attached hydrogens (primary N) is 1. The number of aliphatic hydroxyl groups excluding tert-OH is 1. The predicted molar refractivity (Wildman–Crippen MR) is 94.0 cm³/mol. The maximum Gasteiger partial charge on any atom is 0.321 e. The minimum atomic E-state index is -1.02. The topological polar surface area (TPSA) is 102 Å². The molecule has 0 saturated heterocycles. The number of aliphatic hydroxyl groups is 1. The third-order valence-electron chi connectivity index (χ3n) is 3.25. The highest BCUT2D eigenvalue weighted by atomic mass is 32.2. The van der Waals surface area contributed by atoms with E-state index in [4.69, 9.17) is 20.3 Å². The second-order valence-corrected chi connectivity index (χ2v) is 6.67. The van der Waals surface area contributed by atoms with Crippen LogP contribution in [-0.4, -0.2) is 66.3 Å². The van der Waals surface area contributed by atoms with Crippen LogP contribution in [-0.2, 0) is 14.3 Å². The number of aliphatic carboxylic acids is 1. The summed E-state index contributed by atoms with van der Waals surface area (Å²) in [6.45, 7) is 4.21. The van der Waals surface area contributed by atoms with Crippen molar-refractivity contribution in [2.24, 2.45) is 5.73 Å². The number of ether oxygens (including phenoxy) is 2. The first-order chi connectivity index (χ1) is 11.1. The molecular weight excluding hydrogens is 318 g/mol. The van der Waals surface area contributed by atoms with Crippen molar-refractivity contribution < 1.29 is 24.5 Å². The van der Waals surface area contributed by atoms with Crippen LogP contribution in [0.25, 0.3) is 0 Å². The molecule has 4 N–H and O–H groups in total. The number of thioether (sulfide) groups is 1. The van der Waals surface area contributed by atoms with Gasteiger partial charge in [0, 0.05) is 18.1 Å². The number of unbranched alkanes of at least 4 members (excludes halogenated alkanes) is 5. The number of rotatable bonds is 17. The Labute approximate surface area is 144 Å². The lowest BCUT2D eigenvalue weighted by molar-refractivity contribution is -0.137. The van der Waals surface area contributed by atoms with E-state index in [1.165, 1.54) is 43.9 Å². The van der Waals surface area contributed by atoms with Gasteiger partial charge < -0.3 is 25.4 Å². The molecule has 0 saturated carbocycles. The molecule has 0 aromatic rings. The first-order valence-electron chi connectivity index (χ1n) is 8.47. The minimum Gasteiger partial charge on any atom is -0.480 e. The molecule has 0 aromatic heterocycles. The Bertz CT molecular complexity index is 281. The number of hydrogen-bond donors (Lipinski definition) is 3. The third kappa shape index (κ3) is 16.3. The molecule has 2 atom stereocenters. The summed E-state index contributed by atoms with van der Waals surface area (Å²) in [5.74, 6) is -0.321. The van der Waals surface area contributed by atoms with Crippen LogP contribution in [0.15, 0.2) is 0 Å². The highest BCUT2D eigenvalue weighted by Crippen LogP contribution is 2.06. The second kappa shape index (κ2) is 16.5. The molecule has 7 heteroatoms. The fourth-order valence-corrected chi connectivity index (χ4v) is 2.78. The van der Waals surface area contributed by atoms with Gasteiger partial charge in [0.25, 0.3) is 0 Å². The van der Waals surface area contributed by atoms with Crippen LogP contribution in [0.1, 0.15) is 45.4 Å².